The fourth-order valence-electron chi connectivity index (χ4n) is 2.79. The molecule has 0 bridgehead atoms. The molecular weight excluding hydrogens is 334 g/mol. The van der Waals surface area contributed by atoms with Crippen molar-refractivity contribution in [2.24, 2.45) is 16.6 Å². The van der Waals surface area contributed by atoms with Crippen LogP contribution in [0.15, 0.2) is 0 Å². The van der Waals surface area contributed by atoms with Crippen LogP contribution >= 0.6 is 0 Å². The van der Waals surface area contributed by atoms with Crippen molar-refractivity contribution in [3.63, 3.8) is 0 Å². The van der Waals surface area contributed by atoms with Crippen molar-refractivity contribution in [2.75, 3.05) is 26.9 Å². The van der Waals surface area contributed by atoms with Gasteiger partial charge >= 0.3 is 11.9 Å². The Bertz CT molecular complexity index is 420. The maximum absolute atomic E-state index is 12.5. The van der Waals surface area contributed by atoms with Crippen LogP contribution in [-0.4, -0.2) is 44.9 Å². The largest absolute Gasteiger partial charge is 0.465 e. The molecular formula is C20H39NO5. The van der Waals surface area contributed by atoms with Crippen LogP contribution in [0, 0.1) is 10.8 Å². The number of ether oxygens (including phenoxy) is 3. The number of hydrogen-bond acceptors (Lipinski definition) is 6. The van der Waals surface area contributed by atoms with Gasteiger partial charge in [-0.25, -0.2) is 0 Å². The molecule has 0 aromatic rings. The molecule has 0 aromatic carbocycles. The molecule has 1 aliphatic heterocycles. The zero-order valence-corrected chi connectivity index (χ0v) is 17.6. The van der Waals surface area contributed by atoms with E-state index in [0.29, 0.717) is 32.7 Å². The molecule has 0 amide bonds. The highest BCUT2D eigenvalue weighted by Crippen LogP contribution is 2.38. The Morgan fingerprint density at radius 3 is 2.15 bits per heavy atom. The normalized spacial score (nSPS) is 18.2. The molecule has 2 N–H and O–H groups in total. The van der Waals surface area contributed by atoms with E-state index in [1.54, 1.807) is 0 Å². The summed E-state index contributed by atoms with van der Waals surface area (Å²) in [5, 5.41) is 0. The van der Waals surface area contributed by atoms with Gasteiger partial charge in [0, 0.05) is 0 Å². The summed E-state index contributed by atoms with van der Waals surface area (Å²) < 4.78 is 15.8. The van der Waals surface area contributed by atoms with E-state index in [4.69, 9.17) is 14.2 Å². The fourth-order valence-corrected chi connectivity index (χ4v) is 2.79. The SMILES string of the molecule is CCCCCCOC(=O)C(C)(CC)CC(C)(C)C(=O)OCC1CO1.CN. The number of nitrogens with two attached hydrogens (primary N) is 1. The van der Waals surface area contributed by atoms with Crippen LogP contribution < -0.4 is 5.73 Å². The quantitative estimate of drug-likeness (QED) is 0.320. The lowest BCUT2D eigenvalue weighted by Crippen LogP contribution is -2.39. The highest BCUT2D eigenvalue weighted by molar-refractivity contribution is 5.80. The van der Waals surface area contributed by atoms with Crippen molar-refractivity contribution in [3.05, 3.63) is 0 Å². The molecule has 0 aromatic heterocycles. The third kappa shape index (κ3) is 8.99. The molecule has 1 saturated heterocycles. The van der Waals surface area contributed by atoms with Crippen molar-refractivity contribution in [1.82, 2.24) is 0 Å². The van der Waals surface area contributed by atoms with Crippen LogP contribution in [0.3, 0.4) is 0 Å². The monoisotopic (exact) mass is 373 g/mol. The van der Waals surface area contributed by atoms with Crippen LogP contribution in [0.1, 0.15) is 73.1 Å². The van der Waals surface area contributed by atoms with E-state index in [1.807, 2.05) is 27.7 Å². The molecule has 0 spiro atoms. The minimum absolute atomic E-state index is 0.0513. The van der Waals surface area contributed by atoms with Gasteiger partial charge in [0.25, 0.3) is 0 Å². The molecule has 6 heteroatoms. The number of hydrogen-bond donors (Lipinski definition) is 1. The molecule has 1 heterocycles. The Hall–Kier alpha value is -1.14. The number of unbranched alkanes of at least 4 members (excludes halogenated alkanes) is 3. The van der Waals surface area contributed by atoms with Gasteiger partial charge in [-0.15, -0.1) is 0 Å². The molecule has 2 unspecified atom stereocenters. The lowest BCUT2D eigenvalue weighted by atomic mass is 9.72. The fraction of sp³-hybridized carbons (Fsp3) is 0.900. The highest BCUT2D eigenvalue weighted by atomic mass is 16.6. The van der Waals surface area contributed by atoms with Crippen molar-refractivity contribution in [3.8, 4) is 0 Å². The summed E-state index contributed by atoms with van der Waals surface area (Å²) in [4.78, 5) is 24.8. The second-order valence-corrected chi connectivity index (χ2v) is 7.73. The predicted molar refractivity (Wildman–Crippen MR) is 103 cm³/mol. The number of esters is 2. The first-order chi connectivity index (χ1) is 12.2. The lowest BCUT2D eigenvalue weighted by molar-refractivity contribution is -0.163. The molecule has 1 rings (SSSR count). The average molecular weight is 374 g/mol. The maximum atomic E-state index is 12.5. The van der Waals surface area contributed by atoms with Crippen LogP contribution in [0.4, 0.5) is 0 Å². The second-order valence-electron chi connectivity index (χ2n) is 7.73. The Morgan fingerprint density at radius 1 is 1.04 bits per heavy atom. The van der Waals surface area contributed by atoms with Gasteiger partial charge in [-0.05, 0) is 47.1 Å². The van der Waals surface area contributed by atoms with Crippen LogP contribution in [0.2, 0.25) is 0 Å². The summed E-state index contributed by atoms with van der Waals surface area (Å²) >= 11 is 0. The zero-order chi connectivity index (χ0) is 20.2. The first kappa shape index (κ1) is 24.9. The van der Waals surface area contributed by atoms with Crippen molar-refractivity contribution in [1.29, 1.82) is 0 Å². The van der Waals surface area contributed by atoms with Gasteiger partial charge < -0.3 is 19.9 Å². The van der Waals surface area contributed by atoms with E-state index >= 15 is 0 Å². The molecule has 0 aliphatic carbocycles. The van der Waals surface area contributed by atoms with E-state index < -0.39 is 10.8 Å². The van der Waals surface area contributed by atoms with Gasteiger partial charge in [-0.1, -0.05) is 33.1 Å². The summed E-state index contributed by atoms with van der Waals surface area (Å²) in [6.07, 6.45) is 5.38. The first-order valence-corrected chi connectivity index (χ1v) is 9.79. The van der Waals surface area contributed by atoms with Crippen molar-refractivity contribution < 1.29 is 23.8 Å². The maximum Gasteiger partial charge on any atom is 0.311 e. The van der Waals surface area contributed by atoms with Crippen LogP contribution in [0.5, 0.6) is 0 Å². The minimum Gasteiger partial charge on any atom is -0.465 e. The molecule has 6 nitrogen and oxygen atoms in total. The van der Waals surface area contributed by atoms with Crippen molar-refractivity contribution >= 4 is 11.9 Å². The molecule has 2 atom stereocenters. The highest BCUT2D eigenvalue weighted by Gasteiger charge is 2.43. The Morgan fingerprint density at radius 2 is 1.65 bits per heavy atom. The van der Waals surface area contributed by atoms with Gasteiger partial charge in [0.15, 0.2) is 0 Å². The van der Waals surface area contributed by atoms with Crippen LogP contribution in [0.25, 0.3) is 0 Å². The molecule has 154 valence electrons. The lowest BCUT2D eigenvalue weighted by Gasteiger charge is -2.33. The molecule has 1 aliphatic rings. The van der Waals surface area contributed by atoms with E-state index in [9.17, 15) is 9.59 Å². The zero-order valence-electron chi connectivity index (χ0n) is 17.6. The second kappa shape index (κ2) is 12.3. The van der Waals surface area contributed by atoms with Gasteiger partial charge in [-0.3, -0.25) is 9.59 Å². The smallest absolute Gasteiger partial charge is 0.311 e. The summed E-state index contributed by atoms with van der Waals surface area (Å²) in [6.45, 7) is 11.0. The summed E-state index contributed by atoms with van der Waals surface area (Å²) in [6, 6.07) is 0. The Kier molecular flexibility index (Phi) is 11.7. The van der Waals surface area contributed by atoms with Gasteiger partial charge in [0.05, 0.1) is 24.0 Å². The Labute approximate surface area is 159 Å². The predicted octanol–water partition coefficient (Wildman–Crippen LogP) is 3.46. The first-order valence-electron chi connectivity index (χ1n) is 9.79. The van der Waals surface area contributed by atoms with E-state index in [2.05, 4.69) is 12.7 Å². The summed E-state index contributed by atoms with van der Waals surface area (Å²) in [7, 11) is 1.50. The standard InChI is InChI=1S/C19H34O5.CH5N/c1-6-8-9-10-11-22-17(21)19(5,7-2)14-18(3,4)16(20)24-13-15-12-23-15;1-2/h15H,6-14H2,1-5H3;2H2,1H3. The number of carbonyl (C=O) groups is 2. The minimum atomic E-state index is -0.735. The summed E-state index contributed by atoms with van der Waals surface area (Å²) in [5.41, 5.74) is 3.09. The number of rotatable bonds is 12. The van der Waals surface area contributed by atoms with Gasteiger partial charge in [-0.2, -0.15) is 0 Å². The van der Waals surface area contributed by atoms with E-state index in [0.717, 1.165) is 25.7 Å². The third-order valence-corrected chi connectivity index (χ3v) is 4.69. The van der Waals surface area contributed by atoms with Gasteiger partial charge in [0.1, 0.15) is 12.7 Å². The van der Waals surface area contributed by atoms with Gasteiger partial charge in [0.2, 0.25) is 0 Å². The molecule has 1 fully saturated rings. The number of carbonyl (C=O) groups excluding carboxylic acids is 2. The number of epoxide rings is 1. The molecule has 0 saturated carbocycles. The molecule has 26 heavy (non-hydrogen) atoms. The Balaban J connectivity index is 0.00000301. The molecule has 0 radical (unpaired) electrons. The van der Waals surface area contributed by atoms with Crippen LogP contribution in [-0.2, 0) is 23.8 Å². The van der Waals surface area contributed by atoms with E-state index in [-0.39, 0.29) is 18.0 Å². The van der Waals surface area contributed by atoms with E-state index in [1.165, 1.54) is 7.05 Å². The topological polar surface area (TPSA) is 91.2 Å². The summed E-state index contributed by atoms with van der Waals surface area (Å²) in [5.74, 6) is -0.499. The third-order valence-electron chi connectivity index (χ3n) is 4.69. The van der Waals surface area contributed by atoms with Crippen molar-refractivity contribution in [2.45, 2.75) is 79.2 Å². The average Bonchev–Trinajstić information content (AvgIpc) is 3.44.